The Morgan fingerprint density at radius 2 is 2.03 bits per heavy atom. The van der Waals surface area contributed by atoms with Crippen LogP contribution >= 0.6 is 23.2 Å². The number of esters is 1. The molecule has 0 unspecified atom stereocenters. The van der Waals surface area contributed by atoms with Crippen LogP contribution in [0.1, 0.15) is 27.2 Å². The molecule has 0 atom stereocenters. The van der Waals surface area contributed by atoms with Gasteiger partial charge in [-0.1, -0.05) is 23.2 Å². The van der Waals surface area contributed by atoms with Gasteiger partial charge in [0.2, 0.25) is 0 Å². The highest BCUT2D eigenvalue weighted by molar-refractivity contribution is 6.45. The van der Waals surface area contributed by atoms with Crippen molar-refractivity contribution in [3.8, 4) is 5.69 Å². The fourth-order valence-corrected chi connectivity index (χ4v) is 3.44. The molecule has 1 aromatic carbocycles. The van der Waals surface area contributed by atoms with Gasteiger partial charge in [0.05, 0.1) is 34.0 Å². The third kappa shape index (κ3) is 6.09. The van der Waals surface area contributed by atoms with Crippen molar-refractivity contribution in [2.24, 2.45) is 0 Å². The minimum absolute atomic E-state index is 0.207. The molecule has 1 N–H and O–H groups in total. The number of anilines is 1. The summed E-state index contributed by atoms with van der Waals surface area (Å²) in [5.41, 5.74) is 1.09. The van der Waals surface area contributed by atoms with Gasteiger partial charge in [0.1, 0.15) is 11.4 Å². The molecule has 0 saturated heterocycles. The van der Waals surface area contributed by atoms with Crippen LogP contribution in [0.5, 0.6) is 0 Å². The number of nitrogens with zero attached hydrogens (tertiary/aromatic N) is 4. The van der Waals surface area contributed by atoms with E-state index in [1.165, 1.54) is 0 Å². The minimum atomic E-state index is -0.462. The second-order valence-corrected chi connectivity index (χ2v) is 9.02. The zero-order chi connectivity index (χ0) is 22.6. The molecular formula is C22H27Cl2N5O2. The van der Waals surface area contributed by atoms with Gasteiger partial charge in [0, 0.05) is 50.5 Å². The molecule has 31 heavy (non-hydrogen) atoms. The first kappa shape index (κ1) is 23.3. The van der Waals surface area contributed by atoms with Crippen molar-refractivity contribution in [3.05, 3.63) is 47.0 Å². The van der Waals surface area contributed by atoms with Crippen molar-refractivity contribution in [2.75, 3.05) is 31.6 Å². The zero-order valence-corrected chi connectivity index (χ0v) is 19.7. The molecule has 0 radical (unpaired) electrons. The second kappa shape index (κ2) is 9.85. The average Bonchev–Trinajstić information content (AvgIpc) is 3.23. The molecule has 166 valence electrons. The lowest BCUT2D eigenvalue weighted by Crippen LogP contribution is -2.32. The minimum Gasteiger partial charge on any atom is -0.460 e. The van der Waals surface area contributed by atoms with Crippen LogP contribution in [0.3, 0.4) is 0 Å². The number of pyridine rings is 1. The number of nitrogens with one attached hydrogen (secondary N) is 1. The number of likely N-dealkylation sites (N-methyl/N-ethyl adjacent to an activating group) is 1. The molecule has 2 heterocycles. The maximum Gasteiger partial charge on any atom is 0.307 e. The van der Waals surface area contributed by atoms with Crippen LogP contribution in [0, 0.1) is 0 Å². The Kier molecular flexibility index (Phi) is 7.41. The van der Waals surface area contributed by atoms with Crippen LogP contribution in [0.15, 0.2) is 36.9 Å². The summed E-state index contributed by atoms with van der Waals surface area (Å²) in [4.78, 5) is 22.7. The third-order valence-electron chi connectivity index (χ3n) is 4.56. The summed E-state index contributed by atoms with van der Waals surface area (Å²) in [6, 6.07) is 5.68. The quantitative estimate of drug-likeness (QED) is 0.392. The number of benzene rings is 1. The van der Waals surface area contributed by atoms with Crippen LogP contribution < -0.4 is 10.2 Å². The monoisotopic (exact) mass is 463 g/mol. The maximum absolute atomic E-state index is 11.8. The molecule has 0 fully saturated rings. The van der Waals surface area contributed by atoms with Crippen molar-refractivity contribution < 1.29 is 9.53 Å². The summed E-state index contributed by atoms with van der Waals surface area (Å²) >= 11 is 12.7. The Hall–Kier alpha value is -2.35. The van der Waals surface area contributed by atoms with E-state index in [4.69, 9.17) is 32.9 Å². The number of fused-ring (bicyclic) bond motifs is 1. The van der Waals surface area contributed by atoms with E-state index in [1.54, 1.807) is 18.6 Å². The van der Waals surface area contributed by atoms with Crippen molar-refractivity contribution in [1.82, 2.24) is 19.9 Å². The predicted molar refractivity (Wildman–Crippen MR) is 125 cm³/mol. The molecule has 0 amide bonds. The molecule has 0 aliphatic carbocycles. The van der Waals surface area contributed by atoms with Gasteiger partial charge < -0.3 is 19.5 Å². The van der Waals surface area contributed by atoms with Gasteiger partial charge in [0.25, 0.3) is 0 Å². The van der Waals surface area contributed by atoms with E-state index in [2.05, 4.69) is 10.3 Å². The van der Waals surface area contributed by atoms with E-state index < -0.39 is 5.60 Å². The number of carbonyl (C=O) groups excluding carboxylic acids is 1. The van der Waals surface area contributed by atoms with Crippen molar-refractivity contribution >= 4 is 45.9 Å². The molecule has 9 heteroatoms. The number of hydrogen-bond acceptors (Lipinski definition) is 6. The lowest BCUT2D eigenvalue weighted by atomic mass is 10.1. The van der Waals surface area contributed by atoms with Gasteiger partial charge in [-0.3, -0.25) is 4.79 Å². The topological polar surface area (TPSA) is 72.3 Å². The van der Waals surface area contributed by atoms with Crippen LogP contribution in [0.25, 0.3) is 16.6 Å². The summed E-state index contributed by atoms with van der Waals surface area (Å²) in [7, 11) is 1.96. The van der Waals surface area contributed by atoms with Gasteiger partial charge in [0.15, 0.2) is 0 Å². The van der Waals surface area contributed by atoms with E-state index in [9.17, 15) is 4.79 Å². The second-order valence-electron chi connectivity index (χ2n) is 8.24. The highest BCUT2D eigenvalue weighted by Crippen LogP contribution is 2.34. The molecule has 0 spiro atoms. The van der Waals surface area contributed by atoms with Crippen molar-refractivity contribution in [3.63, 3.8) is 0 Å². The van der Waals surface area contributed by atoms with E-state index >= 15 is 0 Å². The van der Waals surface area contributed by atoms with E-state index in [0.29, 0.717) is 41.6 Å². The number of carbonyl (C=O) groups is 1. The number of halogens is 2. The number of ether oxygens (including phenoxy) is 1. The van der Waals surface area contributed by atoms with Crippen molar-refractivity contribution in [2.45, 2.75) is 32.8 Å². The largest absolute Gasteiger partial charge is 0.460 e. The SMILES string of the molecule is CN(CCNCCC(=O)OC(C)(C)C)c1cc(-n2ccnc2)c2ccc(Cl)c(Cl)c2n1. The molecule has 0 aliphatic heterocycles. The summed E-state index contributed by atoms with van der Waals surface area (Å²) in [6.45, 7) is 7.51. The van der Waals surface area contributed by atoms with E-state index in [0.717, 1.165) is 16.9 Å². The molecular weight excluding hydrogens is 437 g/mol. The zero-order valence-electron chi connectivity index (χ0n) is 18.2. The molecule has 3 aromatic rings. The Labute approximate surface area is 192 Å². The fourth-order valence-electron chi connectivity index (χ4n) is 3.08. The highest BCUT2D eigenvalue weighted by atomic mass is 35.5. The summed E-state index contributed by atoms with van der Waals surface area (Å²) in [6.07, 6.45) is 5.66. The predicted octanol–water partition coefficient (Wildman–Crippen LogP) is 4.48. The van der Waals surface area contributed by atoms with Gasteiger partial charge in [-0.25, -0.2) is 9.97 Å². The Morgan fingerprint density at radius 3 is 2.71 bits per heavy atom. The van der Waals surface area contributed by atoms with Gasteiger partial charge in [-0.15, -0.1) is 0 Å². The smallest absolute Gasteiger partial charge is 0.307 e. The van der Waals surface area contributed by atoms with E-state index in [1.807, 2.05) is 55.6 Å². The number of hydrogen-bond donors (Lipinski definition) is 1. The number of imidazole rings is 1. The van der Waals surface area contributed by atoms with Crippen LogP contribution in [-0.2, 0) is 9.53 Å². The standard InChI is InChI=1S/C22H27Cl2N5O2/c1-22(2,3)31-19(30)7-8-25-9-11-28(4)18-13-17(29-12-10-26-14-29)15-5-6-16(23)20(24)21(15)27-18/h5-6,10,12-14,25H,7-9,11H2,1-4H3. The first-order valence-electron chi connectivity index (χ1n) is 10.1. The summed E-state index contributed by atoms with van der Waals surface area (Å²) in [5.74, 6) is 0.551. The van der Waals surface area contributed by atoms with E-state index in [-0.39, 0.29) is 5.97 Å². The maximum atomic E-state index is 11.8. The third-order valence-corrected chi connectivity index (χ3v) is 5.36. The first-order chi connectivity index (χ1) is 14.7. The molecule has 7 nitrogen and oxygen atoms in total. The van der Waals surface area contributed by atoms with Crippen LogP contribution in [-0.4, -0.2) is 52.8 Å². The van der Waals surface area contributed by atoms with Gasteiger partial charge >= 0.3 is 5.97 Å². The van der Waals surface area contributed by atoms with Crippen molar-refractivity contribution in [1.29, 1.82) is 0 Å². The summed E-state index contributed by atoms with van der Waals surface area (Å²) < 4.78 is 7.24. The summed E-state index contributed by atoms with van der Waals surface area (Å²) in [5, 5.41) is 5.04. The Bertz CT molecular complexity index is 1050. The highest BCUT2D eigenvalue weighted by Gasteiger charge is 2.16. The lowest BCUT2D eigenvalue weighted by Gasteiger charge is -2.21. The first-order valence-corrected chi connectivity index (χ1v) is 10.8. The average molecular weight is 464 g/mol. The van der Waals surface area contributed by atoms with Gasteiger partial charge in [-0.05, 0) is 32.9 Å². The van der Waals surface area contributed by atoms with Gasteiger partial charge in [-0.2, -0.15) is 0 Å². The Morgan fingerprint density at radius 1 is 1.26 bits per heavy atom. The molecule has 0 aliphatic rings. The molecule has 0 saturated carbocycles. The molecule has 2 aromatic heterocycles. The lowest BCUT2D eigenvalue weighted by molar-refractivity contribution is -0.154. The van der Waals surface area contributed by atoms with Crippen LogP contribution in [0.4, 0.5) is 5.82 Å². The fraction of sp³-hybridized carbons (Fsp3) is 0.409. The molecule has 3 rings (SSSR count). The number of aromatic nitrogens is 3. The molecule has 0 bridgehead atoms. The van der Waals surface area contributed by atoms with Crippen LogP contribution in [0.2, 0.25) is 10.0 Å². The Balaban J connectivity index is 1.69. The normalized spacial score (nSPS) is 11.7. The number of rotatable bonds is 8.